The summed E-state index contributed by atoms with van der Waals surface area (Å²) in [5.74, 6) is 0. The monoisotopic (exact) mass is 194 g/mol. The fourth-order valence-electron chi connectivity index (χ4n) is 1.82. The first-order valence-electron chi connectivity index (χ1n) is 4.99. The van der Waals surface area contributed by atoms with Crippen molar-refractivity contribution in [2.24, 2.45) is 0 Å². The fraction of sp³-hybridized carbons (Fsp3) is 0.500. The molecule has 0 aromatic heterocycles. The first kappa shape index (κ1) is 10.6. The molecule has 0 bridgehead atoms. The van der Waals surface area contributed by atoms with Crippen LogP contribution in [0.1, 0.15) is 42.7 Å². The standard InChI is InChI=1S/C12H18S/c1-4-10-7-6-8-11(5-2)12(10)9(3)13/h6-9,13H,4-5H2,1-3H3/t9-/m0/s1. The van der Waals surface area contributed by atoms with Gasteiger partial charge in [0.05, 0.1) is 0 Å². The molecule has 72 valence electrons. The Bertz CT molecular complexity index is 254. The van der Waals surface area contributed by atoms with Crippen molar-refractivity contribution in [2.75, 3.05) is 0 Å². The first-order valence-corrected chi connectivity index (χ1v) is 5.51. The van der Waals surface area contributed by atoms with Gasteiger partial charge in [0.25, 0.3) is 0 Å². The van der Waals surface area contributed by atoms with Crippen LogP contribution < -0.4 is 0 Å². The highest BCUT2D eigenvalue weighted by molar-refractivity contribution is 7.80. The minimum atomic E-state index is 0.353. The zero-order valence-electron chi connectivity index (χ0n) is 8.67. The molecule has 1 aromatic rings. The highest BCUT2D eigenvalue weighted by Gasteiger charge is 2.09. The van der Waals surface area contributed by atoms with Crippen LogP contribution in [0.5, 0.6) is 0 Å². The maximum atomic E-state index is 4.53. The summed E-state index contributed by atoms with van der Waals surface area (Å²) in [6.45, 7) is 6.56. The van der Waals surface area contributed by atoms with Crippen molar-refractivity contribution in [1.29, 1.82) is 0 Å². The molecule has 13 heavy (non-hydrogen) atoms. The molecule has 0 fully saturated rings. The minimum Gasteiger partial charge on any atom is -0.171 e. The summed E-state index contributed by atoms with van der Waals surface area (Å²) in [7, 11) is 0. The molecule has 0 N–H and O–H groups in total. The van der Waals surface area contributed by atoms with Gasteiger partial charge in [-0.05, 0) is 36.5 Å². The first-order chi connectivity index (χ1) is 6.20. The SMILES string of the molecule is CCc1cccc(CC)c1[C@H](C)S. The largest absolute Gasteiger partial charge is 0.171 e. The predicted molar refractivity (Wildman–Crippen MR) is 62.6 cm³/mol. The average Bonchev–Trinajstić information content (AvgIpc) is 2.16. The molecule has 1 heteroatoms. The third-order valence-corrected chi connectivity index (χ3v) is 2.72. The van der Waals surface area contributed by atoms with Gasteiger partial charge in [-0.1, -0.05) is 32.0 Å². The van der Waals surface area contributed by atoms with Gasteiger partial charge in [0.2, 0.25) is 0 Å². The van der Waals surface area contributed by atoms with E-state index in [0.717, 1.165) is 12.8 Å². The Hall–Kier alpha value is -0.430. The van der Waals surface area contributed by atoms with E-state index in [9.17, 15) is 0 Å². The van der Waals surface area contributed by atoms with Gasteiger partial charge in [-0.25, -0.2) is 0 Å². The van der Waals surface area contributed by atoms with Crippen molar-refractivity contribution >= 4 is 12.6 Å². The summed E-state index contributed by atoms with van der Waals surface area (Å²) in [4.78, 5) is 0. The number of hydrogen-bond donors (Lipinski definition) is 1. The zero-order valence-corrected chi connectivity index (χ0v) is 9.57. The fourth-order valence-corrected chi connectivity index (χ4v) is 2.15. The van der Waals surface area contributed by atoms with Crippen LogP contribution in [0, 0.1) is 0 Å². The molecule has 1 aromatic carbocycles. The summed E-state index contributed by atoms with van der Waals surface area (Å²) >= 11 is 4.53. The summed E-state index contributed by atoms with van der Waals surface area (Å²) in [5, 5.41) is 0.353. The molecule has 0 radical (unpaired) electrons. The average molecular weight is 194 g/mol. The van der Waals surface area contributed by atoms with Crippen LogP contribution in [0.15, 0.2) is 18.2 Å². The van der Waals surface area contributed by atoms with Crippen molar-refractivity contribution < 1.29 is 0 Å². The van der Waals surface area contributed by atoms with E-state index >= 15 is 0 Å². The molecule has 0 aliphatic carbocycles. The van der Waals surface area contributed by atoms with E-state index in [0.29, 0.717) is 5.25 Å². The van der Waals surface area contributed by atoms with Crippen LogP contribution in [0.4, 0.5) is 0 Å². The van der Waals surface area contributed by atoms with Crippen LogP contribution in [-0.2, 0) is 12.8 Å². The molecule has 1 atom stereocenters. The van der Waals surface area contributed by atoms with Gasteiger partial charge in [0.1, 0.15) is 0 Å². The highest BCUT2D eigenvalue weighted by atomic mass is 32.1. The van der Waals surface area contributed by atoms with Crippen LogP contribution in [0.3, 0.4) is 0 Å². The van der Waals surface area contributed by atoms with Gasteiger partial charge in [0, 0.05) is 5.25 Å². The summed E-state index contributed by atoms with van der Waals surface area (Å²) in [6, 6.07) is 6.57. The van der Waals surface area contributed by atoms with Crippen molar-refractivity contribution in [3.8, 4) is 0 Å². The second kappa shape index (κ2) is 4.71. The van der Waals surface area contributed by atoms with Crippen LogP contribution in [0.2, 0.25) is 0 Å². The van der Waals surface area contributed by atoms with Crippen LogP contribution in [0.25, 0.3) is 0 Å². The number of benzene rings is 1. The van der Waals surface area contributed by atoms with E-state index in [2.05, 4.69) is 51.6 Å². The topological polar surface area (TPSA) is 0 Å². The molecule has 0 aliphatic heterocycles. The molecule has 0 saturated carbocycles. The maximum Gasteiger partial charge on any atom is 0.0244 e. The second-order valence-electron chi connectivity index (χ2n) is 3.37. The highest BCUT2D eigenvalue weighted by Crippen LogP contribution is 2.27. The smallest absolute Gasteiger partial charge is 0.0244 e. The third-order valence-electron chi connectivity index (χ3n) is 2.47. The Morgan fingerprint density at radius 2 is 1.62 bits per heavy atom. The molecule has 0 unspecified atom stereocenters. The zero-order chi connectivity index (χ0) is 9.84. The number of hydrogen-bond acceptors (Lipinski definition) is 1. The van der Waals surface area contributed by atoms with Crippen molar-refractivity contribution in [2.45, 2.75) is 38.9 Å². The van der Waals surface area contributed by atoms with Crippen molar-refractivity contribution in [3.05, 3.63) is 34.9 Å². The predicted octanol–water partition coefficient (Wildman–Crippen LogP) is 3.80. The molecule has 0 aliphatic rings. The molecule has 0 nitrogen and oxygen atoms in total. The molecule has 0 amide bonds. The van der Waals surface area contributed by atoms with Gasteiger partial charge in [0.15, 0.2) is 0 Å². The number of aryl methyl sites for hydroxylation is 2. The normalized spacial score (nSPS) is 12.9. The lowest BCUT2D eigenvalue weighted by Crippen LogP contribution is -1.99. The van der Waals surface area contributed by atoms with Gasteiger partial charge >= 0.3 is 0 Å². The molecule has 0 spiro atoms. The quantitative estimate of drug-likeness (QED) is 0.695. The summed E-state index contributed by atoms with van der Waals surface area (Å²) < 4.78 is 0. The van der Waals surface area contributed by atoms with Gasteiger partial charge in [-0.15, -0.1) is 0 Å². The molecule has 0 heterocycles. The van der Waals surface area contributed by atoms with Gasteiger partial charge in [-0.3, -0.25) is 0 Å². The van der Waals surface area contributed by atoms with E-state index in [-0.39, 0.29) is 0 Å². The van der Waals surface area contributed by atoms with E-state index in [4.69, 9.17) is 0 Å². The summed E-state index contributed by atoms with van der Waals surface area (Å²) in [5.41, 5.74) is 4.33. The van der Waals surface area contributed by atoms with Gasteiger partial charge in [-0.2, -0.15) is 12.6 Å². The van der Waals surface area contributed by atoms with Gasteiger partial charge < -0.3 is 0 Å². The second-order valence-corrected chi connectivity index (χ2v) is 4.15. The Kier molecular flexibility index (Phi) is 3.86. The maximum absolute atomic E-state index is 4.53. The lowest BCUT2D eigenvalue weighted by Gasteiger charge is -2.15. The Morgan fingerprint density at radius 1 is 1.15 bits per heavy atom. The lowest BCUT2D eigenvalue weighted by atomic mass is 9.95. The number of thiol groups is 1. The lowest BCUT2D eigenvalue weighted by molar-refractivity contribution is 0.970. The Labute approximate surface area is 86.8 Å². The van der Waals surface area contributed by atoms with E-state index in [1.165, 1.54) is 16.7 Å². The Balaban J connectivity index is 3.21. The van der Waals surface area contributed by atoms with E-state index in [1.54, 1.807) is 0 Å². The van der Waals surface area contributed by atoms with Crippen LogP contribution in [-0.4, -0.2) is 0 Å². The van der Waals surface area contributed by atoms with E-state index < -0.39 is 0 Å². The van der Waals surface area contributed by atoms with Crippen molar-refractivity contribution in [3.63, 3.8) is 0 Å². The van der Waals surface area contributed by atoms with Crippen molar-refractivity contribution in [1.82, 2.24) is 0 Å². The minimum absolute atomic E-state index is 0.353. The Morgan fingerprint density at radius 3 is 1.92 bits per heavy atom. The number of rotatable bonds is 3. The molecular formula is C12H18S. The third kappa shape index (κ3) is 2.28. The van der Waals surface area contributed by atoms with Crippen LogP contribution >= 0.6 is 12.6 Å². The van der Waals surface area contributed by atoms with E-state index in [1.807, 2.05) is 0 Å². The molecule has 0 saturated heterocycles. The summed E-state index contributed by atoms with van der Waals surface area (Å²) in [6.07, 6.45) is 2.21. The molecule has 1 rings (SSSR count). The molecular weight excluding hydrogens is 176 g/mol.